The number of rotatable bonds is 3. The Morgan fingerprint density at radius 2 is 2.27 bits per heavy atom. The van der Waals surface area contributed by atoms with Gasteiger partial charge in [-0.1, -0.05) is 17.7 Å². The van der Waals surface area contributed by atoms with E-state index in [2.05, 4.69) is 4.98 Å². The van der Waals surface area contributed by atoms with Gasteiger partial charge in [0.2, 0.25) is 0 Å². The predicted octanol–water partition coefficient (Wildman–Crippen LogP) is 2.03. The van der Waals surface area contributed by atoms with Gasteiger partial charge in [-0.15, -0.1) is 0 Å². The molecule has 78 valence electrons. The van der Waals surface area contributed by atoms with Crippen molar-refractivity contribution in [2.24, 2.45) is 5.73 Å². The second-order valence-electron chi connectivity index (χ2n) is 3.29. The van der Waals surface area contributed by atoms with E-state index in [-0.39, 0.29) is 0 Å². The minimum atomic E-state index is 0.640. The minimum absolute atomic E-state index is 0.640. The molecule has 0 fully saturated rings. The molecule has 0 radical (unpaired) electrons. The lowest BCUT2D eigenvalue weighted by molar-refractivity contribution is 0.964. The summed E-state index contributed by atoms with van der Waals surface area (Å²) < 4.78 is 1.88. The summed E-state index contributed by atoms with van der Waals surface area (Å²) in [6.07, 6.45) is 6.17. The van der Waals surface area contributed by atoms with E-state index >= 15 is 0 Å². The Morgan fingerprint density at radius 3 is 2.87 bits per heavy atom. The van der Waals surface area contributed by atoms with Crippen molar-refractivity contribution in [1.29, 1.82) is 0 Å². The van der Waals surface area contributed by atoms with Gasteiger partial charge in [0.05, 0.1) is 17.0 Å². The molecule has 0 saturated carbocycles. The molecule has 0 spiro atoms. The van der Waals surface area contributed by atoms with Crippen LogP contribution in [0.1, 0.15) is 5.56 Å². The molecule has 2 rings (SSSR count). The number of hydrogen-bond donors (Lipinski definition) is 1. The lowest BCUT2D eigenvalue weighted by Crippen LogP contribution is -2.03. The Hall–Kier alpha value is -1.32. The van der Waals surface area contributed by atoms with Crippen LogP contribution in [0.25, 0.3) is 5.69 Å². The molecular weight excluding hydrogens is 210 g/mol. The Labute approximate surface area is 93.5 Å². The molecule has 0 atom stereocenters. The third kappa shape index (κ3) is 2.19. The molecule has 3 nitrogen and oxygen atoms in total. The molecule has 2 aromatic rings. The smallest absolute Gasteiger partial charge is 0.0992 e. The quantitative estimate of drug-likeness (QED) is 0.862. The fourth-order valence-corrected chi connectivity index (χ4v) is 1.78. The second kappa shape index (κ2) is 4.47. The summed E-state index contributed by atoms with van der Waals surface area (Å²) in [5.74, 6) is 0. The molecule has 0 unspecified atom stereocenters. The van der Waals surface area contributed by atoms with Gasteiger partial charge >= 0.3 is 0 Å². The Bertz CT molecular complexity index is 437. The van der Waals surface area contributed by atoms with Crippen molar-refractivity contribution in [3.8, 4) is 5.69 Å². The largest absolute Gasteiger partial charge is 0.330 e. The summed E-state index contributed by atoms with van der Waals surface area (Å²) in [5.41, 5.74) is 7.58. The number of hydrogen-bond acceptors (Lipinski definition) is 2. The summed E-state index contributed by atoms with van der Waals surface area (Å²) in [6.45, 7) is 0.640. The lowest BCUT2D eigenvalue weighted by Gasteiger charge is -2.06. The molecule has 2 N–H and O–H groups in total. The molecular formula is C11H12ClN3. The van der Waals surface area contributed by atoms with Crippen LogP contribution in [-0.2, 0) is 6.42 Å². The molecule has 1 aromatic carbocycles. The van der Waals surface area contributed by atoms with Gasteiger partial charge in [-0.3, -0.25) is 0 Å². The molecule has 0 saturated heterocycles. The summed E-state index contributed by atoms with van der Waals surface area (Å²) >= 11 is 6.17. The normalized spacial score (nSPS) is 10.5. The van der Waals surface area contributed by atoms with Crippen molar-refractivity contribution < 1.29 is 0 Å². The molecule has 0 amide bonds. The van der Waals surface area contributed by atoms with Gasteiger partial charge in [-0.05, 0) is 30.7 Å². The zero-order chi connectivity index (χ0) is 10.7. The van der Waals surface area contributed by atoms with Gasteiger partial charge in [0.25, 0.3) is 0 Å². The Balaban J connectivity index is 2.35. The van der Waals surface area contributed by atoms with Gasteiger partial charge < -0.3 is 10.3 Å². The highest BCUT2D eigenvalue weighted by Crippen LogP contribution is 2.21. The first-order valence-electron chi connectivity index (χ1n) is 4.78. The van der Waals surface area contributed by atoms with E-state index in [0.717, 1.165) is 22.7 Å². The predicted molar refractivity (Wildman–Crippen MR) is 61.3 cm³/mol. The lowest BCUT2D eigenvalue weighted by atomic mass is 10.1. The van der Waals surface area contributed by atoms with Gasteiger partial charge in [0.1, 0.15) is 0 Å². The van der Waals surface area contributed by atoms with Crippen LogP contribution >= 0.6 is 11.6 Å². The van der Waals surface area contributed by atoms with Crippen LogP contribution < -0.4 is 5.73 Å². The third-order valence-corrected chi connectivity index (χ3v) is 2.53. The highest BCUT2D eigenvalue weighted by molar-refractivity contribution is 6.32. The Morgan fingerprint density at radius 1 is 1.40 bits per heavy atom. The number of nitrogens with zero attached hydrogens (tertiary/aromatic N) is 2. The topological polar surface area (TPSA) is 43.8 Å². The van der Waals surface area contributed by atoms with Crippen LogP contribution in [0.15, 0.2) is 36.9 Å². The van der Waals surface area contributed by atoms with Gasteiger partial charge in [-0.25, -0.2) is 4.98 Å². The molecule has 0 aliphatic carbocycles. The number of halogens is 1. The molecule has 0 aliphatic heterocycles. The highest BCUT2D eigenvalue weighted by atomic mass is 35.5. The van der Waals surface area contributed by atoms with Crippen LogP contribution in [0, 0.1) is 0 Å². The average Bonchev–Trinajstić information content (AvgIpc) is 2.71. The monoisotopic (exact) mass is 221 g/mol. The van der Waals surface area contributed by atoms with E-state index in [1.54, 1.807) is 12.5 Å². The van der Waals surface area contributed by atoms with Gasteiger partial charge in [-0.2, -0.15) is 0 Å². The molecule has 15 heavy (non-hydrogen) atoms. The average molecular weight is 222 g/mol. The van der Waals surface area contributed by atoms with Crippen LogP contribution in [0.4, 0.5) is 0 Å². The first kappa shape index (κ1) is 10.2. The molecule has 4 heteroatoms. The van der Waals surface area contributed by atoms with E-state index < -0.39 is 0 Å². The maximum atomic E-state index is 6.17. The zero-order valence-corrected chi connectivity index (χ0v) is 8.98. The van der Waals surface area contributed by atoms with Crippen molar-refractivity contribution in [1.82, 2.24) is 9.55 Å². The Kier molecular flexibility index (Phi) is 3.04. The van der Waals surface area contributed by atoms with E-state index in [9.17, 15) is 0 Å². The van der Waals surface area contributed by atoms with Crippen LogP contribution in [0.2, 0.25) is 5.02 Å². The maximum absolute atomic E-state index is 6.17. The maximum Gasteiger partial charge on any atom is 0.0992 e. The molecule has 0 bridgehead atoms. The molecule has 1 heterocycles. The van der Waals surface area contributed by atoms with Crippen molar-refractivity contribution in [3.63, 3.8) is 0 Å². The van der Waals surface area contributed by atoms with Gasteiger partial charge in [0, 0.05) is 12.4 Å². The van der Waals surface area contributed by atoms with E-state index in [1.165, 1.54) is 0 Å². The van der Waals surface area contributed by atoms with Gasteiger partial charge in [0.15, 0.2) is 0 Å². The number of aromatic nitrogens is 2. The minimum Gasteiger partial charge on any atom is -0.330 e. The van der Waals surface area contributed by atoms with Crippen LogP contribution in [0.5, 0.6) is 0 Å². The van der Waals surface area contributed by atoms with E-state index in [0.29, 0.717) is 6.54 Å². The first-order valence-corrected chi connectivity index (χ1v) is 5.16. The molecule has 0 aliphatic rings. The fraction of sp³-hybridized carbons (Fsp3) is 0.182. The standard InChI is InChI=1S/C11H12ClN3/c12-10-7-9(3-4-13)1-2-11(10)15-6-5-14-8-15/h1-2,5-8H,3-4,13H2. The first-order chi connectivity index (χ1) is 7.31. The summed E-state index contributed by atoms with van der Waals surface area (Å²) in [4.78, 5) is 3.98. The zero-order valence-electron chi connectivity index (χ0n) is 8.23. The third-order valence-electron chi connectivity index (χ3n) is 2.23. The van der Waals surface area contributed by atoms with Crippen molar-refractivity contribution >= 4 is 11.6 Å². The van der Waals surface area contributed by atoms with Crippen LogP contribution in [0.3, 0.4) is 0 Å². The second-order valence-corrected chi connectivity index (χ2v) is 3.70. The highest BCUT2D eigenvalue weighted by Gasteiger charge is 2.02. The summed E-state index contributed by atoms with van der Waals surface area (Å²) in [6, 6.07) is 5.97. The van der Waals surface area contributed by atoms with Crippen LogP contribution in [-0.4, -0.2) is 16.1 Å². The van der Waals surface area contributed by atoms with E-state index in [4.69, 9.17) is 17.3 Å². The molecule has 1 aromatic heterocycles. The SMILES string of the molecule is NCCc1ccc(-n2ccnc2)c(Cl)c1. The number of nitrogens with two attached hydrogens (primary N) is 1. The van der Waals surface area contributed by atoms with E-state index in [1.807, 2.05) is 29.0 Å². The van der Waals surface area contributed by atoms with Crippen molar-refractivity contribution in [3.05, 3.63) is 47.5 Å². The fourth-order valence-electron chi connectivity index (χ4n) is 1.48. The summed E-state index contributed by atoms with van der Waals surface area (Å²) in [5, 5.41) is 0.721. The summed E-state index contributed by atoms with van der Waals surface area (Å²) in [7, 11) is 0. The number of benzene rings is 1. The van der Waals surface area contributed by atoms with Crippen molar-refractivity contribution in [2.45, 2.75) is 6.42 Å². The number of imidazole rings is 1. The van der Waals surface area contributed by atoms with Crippen molar-refractivity contribution in [2.75, 3.05) is 6.54 Å².